The van der Waals surface area contributed by atoms with Gasteiger partial charge in [0.15, 0.2) is 11.5 Å². The van der Waals surface area contributed by atoms with Crippen LogP contribution >= 0.6 is 0 Å². The first-order valence-electron chi connectivity index (χ1n) is 10.6. The lowest BCUT2D eigenvalue weighted by Gasteiger charge is -2.26. The largest absolute Gasteiger partial charge is 0.493 e. The third-order valence-electron chi connectivity index (χ3n) is 5.11. The molecule has 1 heterocycles. The fourth-order valence-corrected chi connectivity index (χ4v) is 3.79. The summed E-state index contributed by atoms with van der Waals surface area (Å²) >= 11 is 0. The van der Waals surface area contributed by atoms with Gasteiger partial charge in [-0.15, -0.1) is 0 Å². The molecule has 3 rings (SSSR count). The number of rotatable bonds is 9. The molecule has 0 unspecified atom stereocenters. The molecule has 0 fully saturated rings. The zero-order chi connectivity index (χ0) is 24.1. The average Bonchev–Trinajstić information content (AvgIpc) is 3.03. The van der Waals surface area contributed by atoms with Gasteiger partial charge in [-0.25, -0.2) is 0 Å². The summed E-state index contributed by atoms with van der Waals surface area (Å²) in [5.41, 5.74) is 0.979. The standard InChI is InChI=1S/C24H26N2O7/c1-5-32-20-12-15(10-11-19(20)31-4)18(13-21(28)33-6-2)26-23(29)16-8-7-9-17(25-14(3)27)22(16)24(26)30/h7-12,18H,5-6,13H2,1-4H3,(H,25,27)/t18-/m1/s1. The summed E-state index contributed by atoms with van der Waals surface area (Å²) in [4.78, 5) is 51.8. The zero-order valence-electron chi connectivity index (χ0n) is 19.0. The van der Waals surface area contributed by atoms with Gasteiger partial charge in [0.25, 0.3) is 11.8 Å². The Morgan fingerprint density at radius 3 is 2.42 bits per heavy atom. The topological polar surface area (TPSA) is 111 Å². The van der Waals surface area contributed by atoms with Crippen molar-refractivity contribution in [3.05, 3.63) is 53.1 Å². The zero-order valence-corrected chi connectivity index (χ0v) is 19.0. The van der Waals surface area contributed by atoms with Crippen molar-refractivity contribution < 1.29 is 33.4 Å². The van der Waals surface area contributed by atoms with Crippen LogP contribution in [0.2, 0.25) is 0 Å². The van der Waals surface area contributed by atoms with Gasteiger partial charge in [-0.3, -0.25) is 24.1 Å². The molecule has 2 aromatic carbocycles. The molecule has 1 aliphatic rings. The third-order valence-corrected chi connectivity index (χ3v) is 5.11. The van der Waals surface area contributed by atoms with Gasteiger partial charge in [-0.2, -0.15) is 0 Å². The van der Waals surface area contributed by atoms with Crippen LogP contribution in [0.4, 0.5) is 5.69 Å². The number of anilines is 1. The minimum Gasteiger partial charge on any atom is -0.493 e. The Morgan fingerprint density at radius 1 is 1.03 bits per heavy atom. The summed E-state index contributed by atoms with van der Waals surface area (Å²) < 4.78 is 16.1. The minimum absolute atomic E-state index is 0.0881. The lowest BCUT2D eigenvalue weighted by atomic mass is 10.0. The molecular weight excluding hydrogens is 428 g/mol. The van der Waals surface area contributed by atoms with Crippen molar-refractivity contribution in [2.24, 2.45) is 0 Å². The number of esters is 1. The molecule has 1 atom stereocenters. The lowest BCUT2D eigenvalue weighted by Crippen LogP contribution is -2.35. The summed E-state index contributed by atoms with van der Waals surface area (Å²) in [6, 6.07) is 8.66. The Morgan fingerprint density at radius 2 is 1.79 bits per heavy atom. The first kappa shape index (κ1) is 23.8. The van der Waals surface area contributed by atoms with E-state index in [1.807, 2.05) is 6.92 Å². The predicted molar refractivity (Wildman–Crippen MR) is 119 cm³/mol. The summed E-state index contributed by atoms with van der Waals surface area (Å²) in [7, 11) is 1.50. The van der Waals surface area contributed by atoms with Gasteiger partial charge in [0.1, 0.15) is 0 Å². The molecule has 0 saturated carbocycles. The van der Waals surface area contributed by atoms with Crippen LogP contribution in [-0.4, -0.2) is 48.9 Å². The van der Waals surface area contributed by atoms with Crippen LogP contribution in [0.25, 0.3) is 0 Å². The van der Waals surface area contributed by atoms with Crippen LogP contribution in [0.15, 0.2) is 36.4 Å². The molecule has 0 spiro atoms. The fourth-order valence-electron chi connectivity index (χ4n) is 3.79. The molecule has 9 heteroatoms. The summed E-state index contributed by atoms with van der Waals surface area (Å²) in [5.74, 6) is -1.21. The van der Waals surface area contributed by atoms with E-state index in [-0.39, 0.29) is 35.7 Å². The summed E-state index contributed by atoms with van der Waals surface area (Å²) in [6.45, 7) is 5.34. The molecule has 0 saturated heterocycles. The third kappa shape index (κ3) is 4.82. The molecule has 0 aromatic heterocycles. The SMILES string of the molecule is CCOC(=O)C[C@H](c1ccc(OC)c(OCC)c1)N1C(=O)c2cccc(NC(C)=O)c2C1=O. The Bertz CT molecular complexity index is 1100. The number of nitrogens with zero attached hydrogens (tertiary/aromatic N) is 1. The number of carbonyl (C=O) groups excluding carboxylic acids is 4. The quantitative estimate of drug-likeness (QED) is 0.457. The van der Waals surface area contributed by atoms with Crippen molar-refractivity contribution in [1.29, 1.82) is 0 Å². The highest BCUT2D eigenvalue weighted by molar-refractivity contribution is 6.24. The van der Waals surface area contributed by atoms with Gasteiger partial charge < -0.3 is 19.5 Å². The van der Waals surface area contributed by atoms with Crippen molar-refractivity contribution in [2.75, 3.05) is 25.6 Å². The molecule has 9 nitrogen and oxygen atoms in total. The molecule has 0 aliphatic carbocycles. The fraction of sp³-hybridized carbons (Fsp3) is 0.333. The molecule has 3 amide bonds. The van der Waals surface area contributed by atoms with Crippen molar-refractivity contribution in [3.63, 3.8) is 0 Å². The minimum atomic E-state index is -0.952. The van der Waals surface area contributed by atoms with E-state index >= 15 is 0 Å². The Balaban J connectivity index is 2.09. The normalized spacial score (nSPS) is 13.4. The Labute approximate surface area is 191 Å². The van der Waals surface area contributed by atoms with E-state index in [9.17, 15) is 19.2 Å². The van der Waals surface area contributed by atoms with E-state index in [1.165, 1.54) is 20.1 Å². The molecule has 174 valence electrons. The van der Waals surface area contributed by atoms with E-state index in [0.717, 1.165) is 4.90 Å². The highest BCUT2D eigenvalue weighted by atomic mass is 16.5. The van der Waals surface area contributed by atoms with E-state index in [0.29, 0.717) is 23.7 Å². The Kier molecular flexibility index (Phi) is 7.32. The molecular formula is C24H26N2O7. The molecule has 0 bridgehead atoms. The predicted octanol–water partition coefficient (Wildman–Crippen LogP) is 3.34. The van der Waals surface area contributed by atoms with Gasteiger partial charge in [0.2, 0.25) is 5.91 Å². The summed E-state index contributed by atoms with van der Waals surface area (Å²) in [5, 5.41) is 2.59. The van der Waals surface area contributed by atoms with E-state index in [2.05, 4.69) is 5.32 Å². The number of nitrogens with one attached hydrogen (secondary N) is 1. The van der Waals surface area contributed by atoms with E-state index in [4.69, 9.17) is 14.2 Å². The second kappa shape index (κ2) is 10.2. The van der Waals surface area contributed by atoms with Crippen molar-refractivity contribution in [2.45, 2.75) is 33.2 Å². The van der Waals surface area contributed by atoms with Crippen LogP contribution in [0.5, 0.6) is 11.5 Å². The highest BCUT2D eigenvalue weighted by Crippen LogP contribution is 2.39. The van der Waals surface area contributed by atoms with Gasteiger partial charge >= 0.3 is 5.97 Å². The molecule has 2 aromatic rings. The maximum absolute atomic E-state index is 13.4. The van der Waals surface area contributed by atoms with E-state index in [1.54, 1.807) is 37.3 Å². The second-order valence-corrected chi connectivity index (χ2v) is 7.26. The lowest BCUT2D eigenvalue weighted by molar-refractivity contribution is -0.144. The first-order chi connectivity index (χ1) is 15.8. The molecule has 1 N–H and O–H groups in total. The van der Waals surface area contributed by atoms with E-state index < -0.39 is 23.8 Å². The Hall–Kier alpha value is -3.88. The maximum Gasteiger partial charge on any atom is 0.308 e. The molecule has 1 aliphatic heterocycles. The van der Waals surface area contributed by atoms with Crippen LogP contribution in [-0.2, 0) is 14.3 Å². The molecule has 0 radical (unpaired) electrons. The van der Waals surface area contributed by atoms with Crippen molar-refractivity contribution in [3.8, 4) is 11.5 Å². The first-order valence-corrected chi connectivity index (χ1v) is 10.6. The van der Waals surface area contributed by atoms with Crippen LogP contribution < -0.4 is 14.8 Å². The number of amides is 3. The van der Waals surface area contributed by atoms with Crippen LogP contribution in [0.3, 0.4) is 0 Å². The monoisotopic (exact) mass is 454 g/mol. The van der Waals surface area contributed by atoms with Crippen LogP contribution in [0, 0.1) is 0 Å². The summed E-state index contributed by atoms with van der Waals surface area (Å²) in [6.07, 6.45) is -0.243. The highest BCUT2D eigenvalue weighted by Gasteiger charge is 2.43. The second-order valence-electron chi connectivity index (χ2n) is 7.26. The number of benzene rings is 2. The number of hydrogen-bond acceptors (Lipinski definition) is 7. The number of ether oxygens (including phenoxy) is 3. The van der Waals surface area contributed by atoms with Crippen molar-refractivity contribution >= 4 is 29.4 Å². The number of imide groups is 1. The smallest absolute Gasteiger partial charge is 0.308 e. The van der Waals surface area contributed by atoms with Gasteiger partial charge in [0.05, 0.1) is 49.6 Å². The average molecular weight is 454 g/mol. The number of fused-ring (bicyclic) bond motifs is 1. The number of carbonyl (C=O) groups is 4. The number of hydrogen-bond donors (Lipinski definition) is 1. The van der Waals surface area contributed by atoms with Gasteiger partial charge in [-0.05, 0) is 43.7 Å². The van der Waals surface area contributed by atoms with Crippen LogP contribution in [0.1, 0.15) is 59.5 Å². The van der Waals surface area contributed by atoms with Crippen molar-refractivity contribution in [1.82, 2.24) is 4.90 Å². The van der Waals surface area contributed by atoms with Gasteiger partial charge in [-0.1, -0.05) is 12.1 Å². The molecule has 33 heavy (non-hydrogen) atoms. The number of methoxy groups -OCH3 is 1. The maximum atomic E-state index is 13.4. The van der Waals surface area contributed by atoms with Gasteiger partial charge in [0, 0.05) is 6.92 Å².